The lowest BCUT2D eigenvalue weighted by atomic mass is 10.3. The van der Waals surface area contributed by atoms with Gasteiger partial charge in [0, 0.05) is 23.2 Å². The van der Waals surface area contributed by atoms with Gasteiger partial charge in [-0.3, -0.25) is 0 Å². The van der Waals surface area contributed by atoms with Gasteiger partial charge in [-0.25, -0.2) is 0 Å². The molecule has 0 bridgehead atoms. The summed E-state index contributed by atoms with van der Waals surface area (Å²) in [6, 6.07) is 9.82. The minimum atomic E-state index is 0.469. The van der Waals surface area contributed by atoms with Crippen LogP contribution in [0.4, 0.5) is 5.69 Å². The van der Waals surface area contributed by atoms with Crippen LogP contribution in [0.2, 0.25) is 0 Å². The third-order valence-corrected chi connectivity index (χ3v) is 7.32. The summed E-state index contributed by atoms with van der Waals surface area (Å²) in [5.74, 6) is 0. The van der Waals surface area contributed by atoms with Crippen molar-refractivity contribution in [1.82, 2.24) is 0 Å². The molecule has 0 radical (unpaired) electrons. The molecule has 0 aromatic heterocycles. The maximum absolute atomic E-state index is 4.84. The molecule has 0 heterocycles. The van der Waals surface area contributed by atoms with Crippen LogP contribution in [0.1, 0.15) is 41.5 Å². The number of rotatable bonds is 6. The van der Waals surface area contributed by atoms with Crippen molar-refractivity contribution in [2.24, 2.45) is 0 Å². The smallest absolute Gasteiger partial charge is 0.254 e. The molecule has 0 aliphatic rings. The van der Waals surface area contributed by atoms with Crippen LogP contribution in [-0.4, -0.2) is 27.1 Å². The van der Waals surface area contributed by atoms with Crippen molar-refractivity contribution in [3.05, 3.63) is 34.8 Å². The van der Waals surface area contributed by atoms with Crippen molar-refractivity contribution < 1.29 is 0 Å². The number of anilines is 1. The van der Waals surface area contributed by atoms with Gasteiger partial charge in [0.25, 0.3) is 4.51 Å². The highest BCUT2D eigenvalue weighted by Crippen LogP contribution is 2.45. The van der Waals surface area contributed by atoms with Gasteiger partial charge in [-0.1, -0.05) is 50.2 Å². The standard InChI is InChI=1S/C12H21S3.C8H9NS2/c1-7(2)13-10-11(14-8(3)4)12(10)15-9(5)6;1-9(8(10)11)7-5-3-2-4-6-7/h7-9H,1-6H3;2-6H,1H3,(H,10,11)/q+1;/p-1. The molecule has 0 saturated carbocycles. The van der Waals surface area contributed by atoms with Crippen LogP contribution in [0.25, 0.3) is 0 Å². The van der Waals surface area contributed by atoms with Crippen LogP contribution in [-0.2, 0) is 24.0 Å². The van der Waals surface area contributed by atoms with Crippen LogP contribution >= 0.6 is 35.7 Å². The van der Waals surface area contributed by atoms with E-state index >= 15 is 0 Å². The highest BCUT2D eigenvalue weighted by molar-refractivity contribution is 8.04. The quantitative estimate of drug-likeness (QED) is 0.215. The Bertz CT molecular complexity index is 672. The molecule has 26 heavy (non-hydrogen) atoms. The Hall–Kier alpha value is -0.140. The van der Waals surface area contributed by atoms with Crippen LogP contribution in [0.3, 0.4) is 0 Å². The normalized spacial score (nSPS) is 11.0. The zero-order chi connectivity index (χ0) is 19.9. The number of nitrogens with zero attached hydrogens (tertiary/aromatic N) is 1. The van der Waals surface area contributed by atoms with Crippen LogP contribution in [0.5, 0.6) is 0 Å². The molecule has 0 unspecified atom stereocenters. The van der Waals surface area contributed by atoms with E-state index in [1.54, 1.807) is 19.2 Å². The lowest BCUT2D eigenvalue weighted by molar-refractivity contribution is 1.11. The fraction of sp³-hybridized carbons (Fsp3) is 0.500. The van der Waals surface area contributed by atoms with E-state index in [1.165, 1.54) is 0 Å². The average molecular weight is 444 g/mol. The van der Waals surface area contributed by atoms with Crippen LogP contribution < -0.4 is 4.90 Å². The van der Waals surface area contributed by atoms with Crippen molar-refractivity contribution in [2.45, 2.75) is 67.1 Å². The van der Waals surface area contributed by atoms with Crippen molar-refractivity contribution in [2.75, 3.05) is 11.9 Å². The molecule has 0 N–H and O–H groups in total. The predicted molar refractivity (Wildman–Crippen MR) is 131 cm³/mol. The molecular weight excluding hydrogens is 415 g/mol. The maximum Gasteiger partial charge on any atom is 0.254 e. The van der Waals surface area contributed by atoms with Gasteiger partial charge in [-0.05, 0) is 26.0 Å². The number of thiocarbonyl (C=S) groups is 1. The average Bonchev–Trinajstić information content (AvgIpc) is 3.15. The van der Waals surface area contributed by atoms with E-state index < -0.39 is 0 Å². The molecule has 0 spiro atoms. The zero-order valence-corrected chi connectivity index (χ0v) is 20.7. The fourth-order valence-corrected chi connectivity index (χ4v) is 5.71. The van der Waals surface area contributed by atoms with E-state index in [4.69, 9.17) is 24.8 Å². The molecule has 6 heteroatoms. The van der Waals surface area contributed by atoms with Crippen molar-refractivity contribution in [1.29, 1.82) is 0 Å². The van der Waals surface area contributed by atoms with E-state index in [9.17, 15) is 0 Å². The first-order valence-electron chi connectivity index (χ1n) is 8.75. The van der Waals surface area contributed by atoms with Crippen molar-refractivity contribution in [3.8, 4) is 0 Å². The summed E-state index contributed by atoms with van der Waals surface area (Å²) >= 11 is 15.7. The number of para-hydroxylation sites is 1. The second-order valence-corrected chi connectivity index (χ2v) is 12.4. The highest BCUT2D eigenvalue weighted by atomic mass is 32.2. The third-order valence-electron chi connectivity index (χ3n) is 3.03. The maximum atomic E-state index is 4.84. The monoisotopic (exact) mass is 443 g/mol. The highest BCUT2D eigenvalue weighted by Gasteiger charge is 2.30. The minimum Gasteiger partial charge on any atom is -0.411 e. The van der Waals surface area contributed by atoms with Gasteiger partial charge >= 0.3 is 0 Å². The summed E-state index contributed by atoms with van der Waals surface area (Å²) in [4.78, 5) is 4.94. The number of hydrogen-bond donors (Lipinski definition) is 0. The van der Waals surface area contributed by atoms with Gasteiger partial charge in [0.15, 0.2) is 16.6 Å². The van der Waals surface area contributed by atoms with Gasteiger partial charge in [-0.2, -0.15) is 0 Å². The van der Waals surface area contributed by atoms with Crippen molar-refractivity contribution in [3.63, 3.8) is 0 Å². The van der Waals surface area contributed by atoms with Gasteiger partial charge in [-0.15, -0.1) is 23.5 Å². The molecule has 2 aromatic rings. The molecule has 1 nitrogen and oxygen atoms in total. The summed E-state index contributed by atoms with van der Waals surface area (Å²) < 4.78 is 2.04. The molecule has 0 atom stereocenters. The molecule has 0 saturated heterocycles. The third kappa shape index (κ3) is 8.70. The first-order chi connectivity index (χ1) is 12.1. The lowest BCUT2D eigenvalue weighted by Gasteiger charge is -2.22. The van der Waals surface area contributed by atoms with Crippen molar-refractivity contribution >= 4 is 69.7 Å². The zero-order valence-electron chi connectivity index (χ0n) is 16.6. The second-order valence-electron chi connectivity index (χ2n) is 6.65. The SMILES string of the molecule is CC(C)Sc1c(SC(C)C)c1=[S+]C(C)C.CN(C(=S)[S-])c1ccccc1. The van der Waals surface area contributed by atoms with Crippen LogP contribution in [0.15, 0.2) is 40.1 Å². The predicted octanol–water partition coefficient (Wildman–Crippen LogP) is 6.54. The molecule has 0 fully saturated rings. The Kier molecular flexibility index (Phi) is 10.7. The van der Waals surface area contributed by atoms with Gasteiger partial charge in [0.1, 0.15) is 0 Å². The fourth-order valence-electron chi connectivity index (χ4n) is 1.92. The van der Waals surface area contributed by atoms with E-state index in [0.29, 0.717) is 20.1 Å². The molecule has 144 valence electrons. The first kappa shape index (κ1) is 23.9. The molecule has 2 rings (SSSR count). The Labute approximate surface area is 182 Å². The number of benzene rings is 1. The summed E-state index contributed by atoms with van der Waals surface area (Å²) in [7, 11) is 1.87. The molecule has 0 aliphatic carbocycles. The Morgan fingerprint density at radius 2 is 1.42 bits per heavy atom. The lowest BCUT2D eigenvalue weighted by Crippen LogP contribution is -2.21. The molecule has 0 amide bonds. The summed E-state index contributed by atoms with van der Waals surface area (Å²) in [5, 5.41) is 2.11. The largest absolute Gasteiger partial charge is 0.411 e. The molecule has 0 aliphatic heterocycles. The van der Waals surface area contributed by atoms with Gasteiger partial charge in [0.05, 0.1) is 9.79 Å². The van der Waals surface area contributed by atoms with E-state index in [2.05, 4.69) is 41.5 Å². The van der Waals surface area contributed by atoms with Crippen LogP contribution in [0, 0.1) is 4.51 Å². The first-order valence-corrected chi connectivity index (χ1v) is 12.2. The summed E-state index contributed by atoms with van der Waals surface area (Å²) in [6.07, 6.45) is 0. The Morgan fingerprint density at radius 1 is 0.962 bits per heavy atom. The summed E-state index contributed by atoms with van der Waals surface area (Å²) in [6.45, 7) is 13.6. The van der Waals surface area contributed by atoms with Gasteiger partial charge < -0.3 is 29.7 Å². The van der Waals surface area contributed by atoms with E-state index in [1.807, 2.05) is 72.3 Å². The Balaban J connectivity index is 0.000000273. The topological polar surface area (TPSA) is 3.24 Å². The van der Waals surface area contributed by atoms with E-state index in [-0.39, 0.29) is 0 Å². The number of thioether (sulfide) groups is 2. The summed E-state index contributed by atoms with van der Waals surface area (Å²) in [5.41, 5.74) is 1.03. The minimum absolute atomic E-state index is 0.469. The van der Waals surface area contributed by atoms with Gasteiger partial charge in [0.2, 0.25) is 0 Å². The molecule has 2 aromatic carbocycles. The Morgan fingerprint density at radius 3 is 1.77 bits per heavy atom. The van der Waals surface area contributed by atoms with E-state index in [0.717, 1.165) is 5.69 Å². The number of hydrogen-bond acceptors (Lipinski definition) is 4. The molecular formula is C20H29NS5. The second kappa shape index (κ2) is 11.6.